The molecule has 1 aromatic heterocycles. The number of H-pyrrole nitrogens is 1. The third-order valence-electron chi connectivity index (χ3n) is 6.77. The van der Waals surface area contributed by atoms with Crippen LogP contribution in [0.2, 0.25) is 5.02 Å². The molecule has 4 aromatic rings. The third-order valence-corrected chi connectivity index (χ3v) is 7.01. The van der Waals surface area contributed by atoms with Crippen LogP contribution in [0.3, 0.4) is 0 Å². The van der Waals surface area contributed by atoms with Gasteiger partial charge in [-0.25, -0.2) is 4.79 Å². The van der Waals surface area contributed by atoms with E-state index < -0.39 is 5.69 Å². The van der Waals surface area contributed by atoms with Gasteiger partial charge in [-0.2, -0.15) is 0 Å². The highest BCUT2D eigenvalue weighted by molar-refractivity contribution is 6.30. The van der Waals surface area contributed by atoms with Gasteiger partial charge < -0.3 is 14.8 Å². The molecular formula is C28H27ClN4O3. The van der Waals surface area contributed by atoms with Crippen molar-refractivity contribution in [3.05, 3.63) is 109 Å². The summed E-state index contributed by atoms with van der Waals surface area (Å²) in [6.07, 6.45) is 0.576. The first-order chi connectivity index (χ1) is 17.4. The Morgan fingerprint density at radius 2 is 1.69 bits per heavy atom. The third kappa shape index (κ3) is 4.79. The Hall–Kier alpha value is -3.84. The van der Waals surface area contributed by atoms with Crippen molar-refractivity contribution >= 4 is 34.1 Å². The van der Waals surface area contributed by atoms with Crippen LogP contribution < -0.4 is 16.1 Å². The number of fused-ring (bicyclic) bond motifs is 1. The maximum absolute atomic E-state index is 13.2. The number of aromatic nitrogens is 2. The summed E-state index contributed by atoms with van der Waals surface area (Å²) in [6, 6.07) is 20.5. The molecule has 7 nitrogen and oxygen atoms in total. The number of amides is 1. The Bertz CT molecular complexity index is 1540. The van der Waals surface area contributed by atoms with Gasteiger partial charge in [0, 0.05) is 49.0 Å². The molecule has 0 saturated carbocycles. The predicted octanol–water partition coefficient (Wildman–Crippen LogP) is 3.86. The van der Waals surface area contributed by atoms with E-state index in [0.717, 1.165) is 16.8 Å². The molecular weight excluding hydrogens is 476 g/mol. The van der Waals surface area contributed by atoms with E-state index in [-0.39, 0.29) is 18.0 Å². The average Bonchev–Trinajstić information content (AvgIpc) is 2.90. The number of piperazine rings is 1. The fourth-order valence-corrected chi connectivity index (χ4v) is 4.90. The standard InChI is InChI=1S/C28H27ClN4O3/c1-19-7-9-22(29)18-25(19)31-13-15-32(16-14-31)26(34)21-8-10-23-24(17-21)30-28(36)33(27(23)35)12-11-20-5-3-2-4-6-20/h2-10,17-18H,11-16H2,1H3,(H,30,36). The maximum Gasteiger partial charge on any atom is 0.328 e. The summed E-state index contributed by atoms with van der Waals surface area (Å²) in [5.41, 5.74) is 3.28. The number of carbonyl (C=O) groups is 1. The molecule has 0 bridgehead atoms. The van der Waals surface area contributed by atoms with Crippen LogP contribution in [0.15, 0.2) is 76.3 Å². The molecule has 0 atom stereocenters. The zero-order chi connectivity index (χ0) is 25.2. The summed E-state index contributed by atoms with van der Waals surface area (Å²) in [7, 11) is 0. The summed E-state index contributed by atoms with van der Waals surface area (Å²) in [6.45, 7) is 4.87. The van der Waals surface area contributed by atoms with Gasteiger partial charge in [-0.3, -0.25) is 14.2 Å². The molecule has 1 aliphatic rings. The first-order valence-corrected chi connectivity index (χ1v) is 12.4. The molecule has 0 spiro atoms. The second-order valence-electron chi connectivity index (χ2n) is 9.09. The number of nitrogens with one attached hydrogen (secondary N) is 1. The van der Waals surface area contributed by atoms with Crippen molar-refractivity contribution in [3.63, 3.8) is 0 Å². The molecule has 1 aliphatic heterocycles. The van der Waals surface area contributed by atoms with Crippen molar-refractivity contribution in [2.75, 3.05) is 31.1 Å². The zero-order valence-electron chi connectivity index (χ0n) is 20.0. The Morgan fingerprint density at radius 1 is 0.944 bits per heavy atom. The van der Waals surface area contributed by atoms with Gasteiger partial charge in [0.2, 0.25) is 0 Å². The van der Waals surface area contributed by atoms with Crippen LogP contribution in [0.1, 0.15) is 21.5 Å². The molecule has 0 aliphatic carbocycles. The summed E-state index contributed by atoms with van der Waals surface area (Å²) in [4.78, 5) is 45.7. The van der Waals surface area contributed by atoms with E-state index in [1.165, 1.54) is 4.57 Å². The van der Waals surface area contributed by atoms with E-state index in [9.17, 15) is 14.4 Å². The van der Waals surface area contributed by atoms with Crippen molar-refractivity contribution in [2.24, 2.45) is 0 Å². The average molecular weight is 503 g/mol. The summed E-state index contributed by atoms with van der Waals surface area (Å²) >= 11 is 6.18. The van der Waals surface area contributed by atoms with Crippen molar-refractivity contribution in [1.82, 2.24) is 14.5 Å². The highest BCUT2D eigenvalue weighted by Gasteiger charge is 2.24. The van der Waals surface area contributed by atoms with E-state index >= 15 is 0 Å². The highest BCUT2D eigenvalue weighted by atomic mass is 35.5. The van der Waals surface area contributed by atoms with E-state index in [2.05, 4.69) is 16.8 Å². The van der Waals surface area contributed by atoms with Crippen LogP contribution in [0.4, 0.5) is 5.69 Å². The van der Waals surface area contributed by atoms with E-state index in [0.29, 0.717) is 54.1 Å². The van der Waals surface area contributed by atoms with Crippen LogP contribution in [0.5, 0.6) is 0 Å². The first-order valence-electron chi connectivity index (χ1n) is 12.0. The minimum Gasteiger partial charge on any atom is -0.368 e. The maximum atomic E-state index is 13.2. The minimum atomic E-state index is -0.474. The lowest BCUT2D eigenvalue weighted by atomic mass is 10.1. The smallest absolute Gasteiger partial charge is 0.328 e. The van der Waals surface area contributed by atoms with Gasteiger partial charge in [-0.1, -0.05) is 48.0 Å². The Balaban J connectivity index is 1.32. The molecule has 0 radical (unpaired) electrons. The fourth-order valence-electron chi connectivity index (χ4n) is 4.73. The Labute approximate surface area is 213 Å². The number of aryl methyl sites for hydroxylation is 2. The topological polar surface area (TPSA) is 78.4 Å². The zero-order valence-corrected chi connectivity index (χ0v) is 20.8. The minimum absolute atomic E-state index is 0.117. The fraction of sp³-hybridized carbons (Fsp3) is 0.250. The molecule has 36 heavy (non-hydrogen) atoms. The van der Waals surface area contributed by atoms with E-state index in [4.69, 9.17) is 11.6 Å². The van der Waals surface area contributed by atoms with Gasteiger partial charge in [0.05, 0.1) is 10.9 Å². The second kappa shape index (κ2) is 10.0. The molecule has 0 unspecified atom stereocenters. The Morgan fingerprint density at radius 3 is 2.44 bits per heavy atom. The second-order valence-corrected chi connectivity index (χ2v) is 9.53. The number of anilines is 1. The lowest BCUT2D eigenvalue weighted by molar-refractivity contribution is 0.0747. The predicted molar refractivity (Wildman–Crippen MR) is 143 cm³/mol. The number of benzene rings is 3. The Kier molecular flexibility index (Phi) is 6.65. The molecule has 1 fully saturated rings. The lowest BCUT2D eigenvalue weighted by Crippen LogP contribution is -2.49. The SMILES string of the molecule is Cc1ccc(Cl)cc1N1CCN(C(=O)c2ccc3c(=O)n(CCc4ccccc4)c(=O)[nH]c3c2)CC1. The number of hydrogen-bond donors (Lipinski definition) is 1. The number of aromatic amines is 1. The van der Waals surface area contributed by atoms with Gasteiger partial charge >= 0.3 is 5.69 Å². The molecule has 184 valence electrons. The summed E-state index contributed by atoms with van der Waals surface area (Å²) < 4.78 is 1.22. The molecule has 8 heteroatoms. The quantitative estimate of drug-likeness (QED) is 0.449. The van der Waals surface area contributed by atoms with Crippen molar-refractivity contribution in [1.29, 1.82) is 0 Å². The number of rotatable bonds is 5. The van der Waals surface area contributed by atoms with Crippen LogP contribution in [0, 0.1) is 6.92 Å². The normalized spacial score (nSPS) is 13.8. The van der Waals surface area contributed by atoms with Crippen LogP contribution in [0.25, 0.3) is 10.9 Å². The van der Waals surface area contributed by atoms with E-state index in [1.54, 1.807) is 23.1 Å². The highest BCUT2D eigenvalue weighted by Crippen LogP contribution is 2.25. The van der Waals surface area contributed by atoms with Crippen LogP contribution in [-0.4, -0.2) is 46.5 Å². The number of halogens is 1. The van der Waals surface area contributed by atoms with Crippen LogP contribution >= 0.6 is 11.6 Å². The molecule has 1 amide bonds. The van der Waals surface area contributed by atoms with Gasteiger partial charge in [0.15, 0.2) is 0 Å². The summed E-state index contributed by atoms with van der Waals surface area (Å²) in [5.74, 6) is -0.117. The van der Waals surface area contributed by atoms with Gasteiger partial charge in [-0.05, 0) is 54.8 Å². The van der Waals surface area contributed by atoms with Gasteiger partial charge in [0.25, 0.3) is 11.5 Å². The largest absolute Gasteiger partial charge is 0.368 e. The number of hydrogen-bond acceptors (Lipinski definition) is 4. The van der Waals surface area contributed by atoms with Crippen molar-refractivity contribution in [2.45, 2.75) is 19.9 Å². The molecule has 2 heterocycles. The first kappa shape index (κ1) is 23.9. The molecule has 1 saturated heterocycles. The van der Waals surface area contributed by atoms with Crippen molar-refractivity contribution < 1.29 is 4.79 Å². The van der Waals surface area contributed by atoms with Crippen molar-refractivity contribution in [3.8, 4) is 0 Å². The van der Waals surface area contributed by atoms with Crippen LogP contribution in [-0.2, 0) is 13.0 Å². The number of carbonyl (C=O) groups excluding carboxylic acids is 1. The lowest BCUT2D eigenvalue weighted by Gasteiger charge is -2.37. The van der Waals surface area contributed by atoms with Gasteiger partial charge in [-0.15, -0.1) is 0 Å². The monoisotopic (exact) mass is 502 g/mol. The molecule has 1 N–H and O–H groups in total. The molecule has 5 rings (SSSR count). The van der Waals surface area contributed by atoms with E-state index in [1.807, 2.05) is 48.5 Å². The molecule has 3 aromatic carbocycles. The van der Waals surface area contributed by atoms with Gasteiger partial charge in [0.1, 0.15) is 0 Å². The number of nitrogens with zero attached hydrogens (tertiary/aromatic N) is 3. The summed E-state index contributed by atoms with van der Waals surface area (Å²) in [5, 5.41) is 1.08.